The fourth-order valence-electron chi connectivity index (χ4n) is 3.07. The third-order valence-corrected chi connectivity index (χ3v) is 7.01. The second-order valence-electron chi connectivity index (χ2n) is 7.16. The number of carbonyl (C=O) groups excluding carboxylic acids is 1. The largest absolute Gasteiger partial charge is 0.321 e. The van der Waals surface area contributed by atoms with Gasteiger partial charge >= 0.3 is 0 Å². The normalized spacial score (nSPS) is 11.2. The van der Waals surface area contributed by atoms with E-state index < -0.39 is 15.9 Å². The number of aromatic nitrogens is 2. The molecule has 162 valence electrons. The van der Waals surface area contributed by atoms with Gasteiger partial charge in [-0.3, -0.25) is 14.5 Å². The average molecular weight is 465 g/mol. The molecule has 0 saturated heterocycles. The Morgan fingerprint density at radius 2 is 1.81 bits per heavy atom. The van der Waals surface area contributed by atoms with Crippen LogP contribution in [0.15, 0.2) is 77.1 Å². The number of sulfonamides is 1. The van der Waals surface area contributed by atoms with E-state index in [1.807, 2.05) is 31.2 Å². The van der Waals surface area contributed by atoms with E-state index in [4.69, 9.17) is 0 Å². The van der Waals surface area contributed by atoms with Gasteiger partial charge in [-0.25, -0.2) is 13.4 Å². The van der Waals surface area contributed by atoms with E-state index in [1.54, 1.807) is 48.8 Å². The number of anilines is 2. The standard InChI is InChI=1S/C23H20N4O3S2/c1-15-6-5-7-18(12-15)27-32(29,30)21-13-17(10-9-16(21)2)25-22(28)20-14-31-23(26-20)19-8-3-4-11-24-19/h3-14,27H,1-2H3,(H,25,28). The van der Waals surface area contributed by atoms with Crippen molar-refractivity contribution in [3.8, 4) is 10.7 Å². The fraction of sp³-hybridized carbons (Fsp3) is 0.0870. The van der Waals surface area contributed by atoms with Crippen LogP contribution >= 0.6 is 11.3 Å². The van der Waals surface area contributed by atoms with Crippen LogP contribution in [0.2, 0.25) is 0 Å². The van der Waals surface area contributed by atoms with Gasteiger partial charge in [0, 0.05) is 23.0 Å². The third kappa shape index (κ3) is 4.84. The molecule has 0 spiro atoms. The number of nitrogens with zero attached hydrogens (tertiary/aromatic N) is 2. The zero-order chi connectivity index (χ0) is 22.7. The molecule has 2 aromatic heterocycles. The van der Waals surface area contributed by atoms with E-state index in [2.05, 4.69) is 20.0 Å². The van der Waals surface area contributed by atoms with Gasteiger partial charge in [0.15, 0.2) is 0 Å². The minimum absolute atomic E-state index is 0.0873. The quantitative estimate of drug-likeness (QED) is 0.424. The summed E-state index contributed by atoms with van der Waals surface area (Å²) in [6.45, 7) is 3.59. The van der Waals surface area contributed by atoms with E-state index in [0.29, 0.717) is 27.6 Å². The van der Waals surface area contributed by atoms with Crippen LogP contribution in [0.5, 0.6) is 0 Å². The minimum Gasteiger partial charge on any atom is -0.321 e. The average Bonchev–Trinajstić information content (AvgIpc) is 3.26. The zero-order valence-corrected chi connectivity index (χ0v) is 19.0. The molecule has 1 amide bonds. The Hall–Kier alpha value is -3.56. The summed E-state index contributed by atoms with van der Waals surface area (Å²) in [7, 11) is -3.84. The summed E-state index contributed by atoms with van der Waals surface area (Å²) in [5.74, 6) is -0.428. The first-order valence-electron chi connectivity index (χ1n) is 9.70. The molecule has 2 aromatic carbocycles. The predicted octanol–water partition coefficient (Wildman–Crippen LogP) is 4.88. The van der Waals surface area contributed by atoms with Crippen molar-refractivity contribution in [1.82, 2.24) is 9.97 Å². The molecule has 32 heavy (non-hydrogen) atoms. The van der Waals surface area contributed by atoms with Gasteiger partial charge in [0.25, 0.3) is 15.9 Å². The number of hydrogen-bond donors (Lipinski definition) is 2. The summed E-state index contributed by atoms with van der Waals surface area (Å²) < 4.78 is 28.5. The molecular weight excluding hydrogens is 444 g/mol. The third-order valence-electron chi connectivity index (χ3n) is 4.63. The van der Waals surface area contributed by atoms with Gasteiger partial charge in [-0.1, -0.05) is 24.3 Å². The van der Waals surface area contributed by atoms with Crippen molar-refractivity contribution in [2.45, 2.75) is 18.7 Å². The smallest absolute Gasteiger partial charge is 0.275 e. The molecule has 0 unspecified atom stereocenters. The summed E-state index contributed by atoms with van der Waals surface area (Å²) in [6, 6.07) is 17.3. The van der Waals surface area contributed by atoms with Crippen molar-refractivity contribution >= 4 is 38.6 Å². The van der Waals surface area contributed by atoms with E-state index in [9.17, 15) is 13.2 Å². The minimum atomic E-state index is -3.84. The number of thiazole rings is 1. The van der Waals surface area contributed by atoms with Gasteiger partial charge in [-0.15, -0.1) is 11.3 Å². The Labute approximate surface area is 190 Å². The van der Waals surface area contributed by atoms with Gasteiger partial charge in [0.1, 0.15) is 10.7 Å². The SMILES string of the molecule is Cc1cccc(NS(=O)(=O)c2cc(NC(=O)c3csc(-c4ccccn4)n3)ccc2C)c1. The number of amides is 1. The lowest BCUT2D eigenvalue weighted by Crippen LogP contribution is -2.16. The Balaban J connectivity index is 1.55. The molecule has 0 saturated carbocycles. The molecule has 0 radical (unpaired) electrons. The molecule has 2 N–H and O–H groups in total. The zero-order valence-electron chi connectivity index (χ0n) is 17.4. The molecule has 0 aliphatic heterocycles. The molecule has 0 atom stereocenters. The van der Waals surface area contributed by atoms with Crippen LogP contribution in [0, 0.1) is 13.8 Å². The molecule has 0 aliphatic rings. The van der Waals surface area contributed by atoms with Crippen molar-refractivity contribution in [1.29, 1.82) is 0 Å². The van der Waals surface area contributed by atoms with Crippen LogP contribution in [0.25, 0.3) is 10.7 Å². The van der Waals surface area contributed by atoms with Crippen molar-refractivity contribution in [2.75, 3.05) is 10.0 Å². The molecule has 0 aliphatic carbocycles. The Morgan fingerprint density at radius 3 is 2.56 bits per heavy atom. The van der Waals surface area contributed by atoms with Gasteiger partial charge in [0.2, 0.25) is 0 Å². The van der Waals surface area contributed by atoms with Gasteiger partial charge in [-0.05, 0) is 61.4 Å². The van der Waals surface area contributed by atoms with E-state index >= 15 is 0 Å². The van der Waals surface area contributed by atoms with Gasteiger partial charge < -0.3 is 5.32 Å². The van der Waals surface area contributed by atoms with E-state index in [1.165, 1.54) is 17.4 Å². The maximum absolute atomic E-state index is 13.0. The number of pyridine rings is 1. The van der Waals surface area contributed by atoms with Crippen molar-refractivity contribution in [2.24, 2.45) is 0 Å². The van der Waals surface area contributed by atoms with Crippen LogP contribution < -0.4 is 10.0 Å². The van der Waals surface area contributed by atoms with Crippen molar-refractivity contribution in [3.63, 3.8) is 0 Å². The molecule has 0 fully saturated rings. The topological polar surface area (TPSA) is 101 Å². The Bertz CT molecular complexity index is 1380. The summed E-state index contributed by atoms with van der Waals surface area (Å²) in [6.07, 6.45) is 1.66. The second kappa shape index (κ2) is 8.89. The lowest BCUT2D eigenvalue weighted by atomic mass is 10.2. The summed E-state index contributed by atoms with van der Waals surface area (Å²) in [5.41, 5.74) is 3.26. The number of rotatable bonds is 6. The van der Waals surface area contributed by atoms with E-state index in [0.717, 1.165) is 5.56 Å². The maximum Gasteiger partial charge on any atom is 0.275 e. The van der Waals surface area contributed by atoms with Crippen molar-refractivity contribution in [3.05, 3.63) is 89.1 Å². The van der Waals surface area contributed by atoms with Crippen LogP contribution in [-0.4, -0.2) is 24.3 Å². The van der Waals surface area contributed by atoms with E-state index in [-0.39, 0.29) is 10.6 Å². The highest BCUT2D eigenvalue weighted by atomic mass is 32.2. The highest BCUT2D eigenvalue weighted by molar-refractivity contribution is 7.92. The lowest BCUT2D eigenvalue weighted by Gasteiger charge is -2.13. The Morgan fingerprint density at radius 1 is 0.969 bits per heavy atom. The maximum atomic E-state index is 13.0. The fourth-order valence-corrected chi connectivity index (χ4v) is 5.16. The first-order chi connectivity index (χ1) is 15.3. The van der Waals surface area contributed by atoms with Crippen LogP contribution in [0.3, 0.4) is 0 Å². The molecule has 4 aromatic rings. The second-order valence-corrected chi connectivity index (χ2v) is 9.67. The monoisotopic (exact) mass is 464 g/mol. The van der Waals surface area contributed by atoms with Crippen LogP contribution in [0.1, 0.15) is 21.6 Å². The number of aryl methyl sites for hydroxylation is 2. The highest BCUT2D eigenvalue weighted by Gasteiger charge is 2.19. The molecule has 7 nitrogen and oxygen atoms in total. The highest BCUT2D eigenvalue weighted by Crippen LogP contribution is 2.25. The number of carbonyl (C=O) groups is 1. The summed E-state index contributed by atoms with van der Waals surface area (Å²) in [5, 5.41) is 5.00. The molecular formula is C23H20N4O3S2. The predicted molar refractivity (Wildman–Crippen MR) is 126 cm³/mol. The Kier molecular flexibility index (Phi) is 6.02. The summed E-state index contributed by atoms with van der Waals surface area (Å²) >= 11 is 1.31. The van der Waals surface area contributed by atoms with Crippen LogP contribution in [0.4, 0.5) is 11.4 Å². The number of benzene rings is 2. The number of hydrogen-bond acceptors (Lipinski definition) is 6. The van der Waals surface area contributed by atoms with Crippen molar-refractivity contribution < 1.29 is 13.2 Å². The lowest BCUT2D eigenvalue weighted by molar-refractivity contribution is 0.102. The molecule has 4 rings (SSSR count). The summed E-state index contributed by atoms with van der Waals surface area (Å²) in [4.78, 5) is 21.3. The van der Waals surface area contributed by atoms with Gasteiger partial charge in [-0.2, -0.15) is 0 Å². The number of nitrogens with one attached hydrogen (secondary N) is 2. The van der Waals surface area contributed by atoms with Gasteiger partial charge in [0.05, 0.1) is 10.6 Å². The molecule has 2 heterocycles. The van der Waals surface area contributed by atoms with Crippen LogP contribution in [-0.2, 0) is 10.0 Å². The first kappa shape index (κ1) is 21.7. The molecule has 0 bridgehead atoms. The first-order valence-corrected chi connectivity index (χ1v) is 12.1. The molecule has 9 heteroatoms.